The lowest BCUT2D eigenvalue weighted by Crippen LogP contribution is -2.33. The SMILES string of the molecule is COC(CN)CC(=O)N(C)Cc1cccc(Cl)c1. The number of amides is 1. The fourth-order valence-electron chi connectivity index (χ4n) is 1.61. The topological polar surface area (TPSA) is 55.6 Å². The highest BCUT2D eigenvalue weighted by molar-refractivity contribution is 6.30. The van der Waals surface area contributed by atoms with Crippen LogP contribution in [-0.2, 0) is 16.1 Å². The molecule has 0 aromatic heterocycles. The van der Waals surface area contributed by atoms with Crippen molar-refractivity contribution >= 4 is 17.5 Å². The maximum atomic E-state index is 11.9. The van der Waals surface area contributed by atoms with Crippen LogP contribution in [-0.4, -0.2) is 37.6 Å². The minimum atomic E-state index is -0.223. The summed E-state index contributed by atoms with van der Waals surface area (Å²) >= 11 is 5.90. The van der Waals surface area contributed by atoms with Crippen molar-refractivity contribution in [1.29, 1.82) is 0 Å². The van der Waals surface area contributed by atoms with Gasteiger partial charge in [-0.15, -0.1) is 0 Å². The Morgan fingerprint density at radius 1 is 1.56 bits per heavy atom. The van der Waals surface area contributed by atoms with E-state index in [9.17, 15) is 4.79 Å². The van der Waals surface area contributed by atoms with Crippen LogP contribution < -0.4 is 5.73 Å². The number of hydrogen-bond donors (Lipinski definition) is 1. The molecule has 100 valence electrons. The van der Waals surface area contributed by atoms with Crippen molar-refractivity contribution in [2.45, 2.75) is 19.1 Å². The number of nitrogens with zero attached hydrogens (tertiary/aromatic N) is 1. The van der Waals surface area contributed by atoms with Crippen molar-refractivity contribution in [1.82, 2.24) is 4.90 Å². The highest BCUT2D eigenvalue weighted by atomic mass is 35.5. The molecule has 1 atom stereocenters. The second kappa shape index (κ2) is 7.36. The molecule has 0 aliphatic carbocycles. The molecule has 0 aliphatic rings. The first-order chi connectivity index (χ1) is 8.56. The highest BCUT2D eigenvalue weighted by Crippen LogP contribution is 2.12. The molecule has 1 rings (SSSR count). The van der Waals surface area contributed by atoms with E-state index in [0.717, 1.165) is 5.56 Å². The molecular formula is C13H19ClN2O2. The zero-order chi connectivity index (χ0) is 13.5. The predicted octanol–water partition coefficient (Wildman–Crippen LogP) is 1.66. The molecule has 0 fully saturated rings. The van der Waals surface area contributed by atoms with Gasteiger partial charge in [0.1, 0.15) is 0 Å². The van der Waals surface area contributed by atoms with Crippen LogP contribution in [0.5, 0.6) is 0 Å². The normalized spacial score (nSPS) is 12.2. The molecule has 1 aromatic rings. The van der Waals surface area contributed by atoms with Crippen molar-refractivity contribution in [3.05, 3.63) is 34.9 Å². The van der Waals surface area contributed by atoms with Gasteiger partial charge in [-0.25, -0.2) is 0 Å². The van der Waals surface area contributed by atoms with Crippen LogP contribution in [0.4, 0.5) is 0 Å². The summed E-state index contributed by atoms with van der Waals surface area (Å²) in [6, 6.07) is 7.46. The molecule has 0 spiro atoms. The third-order valence-corrected chi connectivity index (χ3v) is 2.97. The Kier molecular flexibility index (Phi) is 6.12. The molecule has 1 aromatic carbocycles. The van der Waals surface area contributed by atoms with Crippen LogP contribution in [0.2, 0.25) is 5.02 Å². The van der Waals surface area contributed by atoms with E-state index < -0.39 is 0 Å². The summed E-state index contributed by atoms with van der Waals surface area (Å²) in [5, 5.41) is 0.671. The van der Waals surface area contributed by atoms with Crippen LogP contribution in [0.1, 0.15) is 12.0 Å². The minimum Gasteiger partial charge on any atom is -0.380 e. The van der Waals surface area contributed by atoms with Gasteiger partial charge in [-0.05, 0) is 17.7 Å². The molecular weight excluding hydrogens is 252 g/mol. The van der Waals surface area contributed by atoms with Crippen molar-refractivity contribution in [2.24, 2.45) is 5.73 Å². The number of halogens is 1. The van der Waals surface area contributed by atoms with E-state index >= 15 is 0 Å². The van der Waals surface area contributed by atoms with Gasteiger partial charge in [0.05, 0.1) is 12.5 Å². The number of carbonyl (C=O) groups is 1. The van der Waals surface area contributed by atoms with E-state index in [0.29, 0.717) is 24.5 Å². The Hall–Kier alpha value is -1.10. The predicted molar refractivity (Wildman–Crippen MR) is 72.4 cm³/mol. The molecule has 18 heavy (non-hydrogen) atoms. The Labute approximate surface area is 113 Å². The third-order valence-electron chi connectivity index (χ3n) is 2.73. The first kappa shape index (κ1) is 15.0. The van der Waals surface area contributed by atoms with E-state index in [-0.39, 0.29) is 12.0 Å². The van der Waals surface area contributed by atoms with Gasteiger partial charge in [-0.2, -0.15) is 0 Å². The van der Waals surface area contributed by atoms with Gasteiger partial charge < -0.3 is 15.4 Å². The van der Waals surface area contributed by atoms with E-state index in [1.54, 1.807) is 19.1 Å². The summed E-state index contributed by atoms with van der Waals surface area (Å²) in [5.74, 6) is 0.00674. The smallest absolute Gasteiger partial charge is 0.225 e. The summed E-state index contributed by atoms with van der Waals surface area (Å²) in [7, 11) is 3.31. The highest BCUT2D eigenvalue weighted by Gasteiger charge is 2.15. The lowest BCUT2D eigenvalue weighted by molar-refractivity contribution is -0.132. The lowest BCUT2D eigenvalue weighted by atomic mass is 10.2. The molecule has 5 heteroatoms. The monoisotopic (exact) mass is 270 g/mol. The molecule has 0 radical (unpaired) electrons. The van der Waals surface area contributed by atoms with Crippen molar-refractivity contribution < 1.29 is 9.53 Å². The van der Waals surface area contributed by atoms with Crippen molar-refractivity contribution in [2.75, 3.05) is 20.7 Å². The summed E-state index contributed by atoms with van der Waals surface area (Å²) in [5.41, 5.74) is 6.49. The Bertz CT molecular complexity index is 394. The van der Waals surface area contributed by atoms with Crippen LogP contribution in [0.25, 0.3) is 0 Å². The lowest BCUT2D eigenvalue weighted by Gasteiger charge is -2.20. The molecule has 0 heterocycles. The molecule has 0 aliphatic heterocycles. The van der Waals surface area contributed by atoms with Gasteiger partial charge in [0, 0.05) is 32.3 Å². The van der Waals surface area contributed by atoms with E-state index in [1.807, 2.05) is 24.3 Å². The standard InChI is InChI=1S/C13H19ClN2O2/c1-16(13(17)7-12(8-15)18-2)9-10-4-3-5-11(14)6-10/h3-6,12H,7-9,15H2,1-2H3. The number of ether oxygens (including phenoxy) is 1. The summed E-state index contributed by atoms with van der Waals surface area (Å²) < 4.78 is 5.10. The third kappa shape index (κ3) is 4.64. The second-order valence-electron chi connectivity index (χ2n) is 4.18. The maximum absolute atomic E-state index is 11.9. The first-order valence-electron chi connectivity index (χ1n) is 5.78. The summed E-state index contributed by atoms with van der Waals surface area (Å²) in [6.45, 7) is 0.869. The van der Waals surface area contributed by atoms with Crippen molar-refractivity contribution in [3.63, 3.8) is 0 Å². The quantitative estimate of drug-likeness (QED) is 0.855. The zero-order valence-electron chi connectivity index (χ0n) is 10.7. The summed E-state index contributed by atoms with van der Waals surface area (Å²) in [4.78, 5) is 13.6. The van der Waals surface area contributed by atoms with Crippen LogP contribution in [0, 0.1) is 0 Å². The Morgan fingerprint density at radius 3 is 2.83 bits per heavy atom. The molecule has 1 amide bonds. The van der Waals surface area contributed by atoms with Gasteiger partial charge in [0.15, 0.2) is 0 Å². The fourth-order valence-corrected chi connectivity index (χ4v) is 1.82. The molecule has 2 N–H and O–H groups in total. The number of methoxy groups -OCH3 is 1. The zero-order valence-corrected chi connectivity index (χ0v) is 11.5. The van der Waals surface area contributed by atoms with Crippen molar-refractivity contribution in [3.8, 4) is 0 Å². The largest absolute Gasteiger partial charge is 0.380 e. The van der Waals surface area contributed by atoms with E-state index in [1.165, 1.54) is 0 Å². The number of rotatable bonds is 6. The van der Waals surface area contributed by atoms with E-state index in [2.05, 4.69) is 0 Å². The first-order valence-corrected chi connectivity index (χ1v) is 6.16. The van der Waals surface area contributed by atoms with Crippen LogP contribution >= 0.6 is 11.6 Å². The Balaban J connectivity index is 2.54. The van der Waals surface area contributed by atoms with Gasteiger partial charge in [-0.3, -0.25) is 4.79 Å². The number of benzene rings is 1. The average Bonchev–Trinajstić information content (AvgIpc) is 2.35. The number of nitrogens with two attached hydrogens (primary N) is 1. The van der Waals surface area contributed by atoms with Gasteiger partial charge in [-0.1, -0.05) is 23.7 Å². The van der Waals surface area contributed by atoms with Gasteiger partial charge in [0.25, 0.3) is 0 Å². The Morgan fingerprint density at radius 2 is 2.28 bits per heavy atom. The molecule has 0 saturated carbocycles. The van der Waals surface area contributed by atoms with Crippen LogP contribution in [0.15, 0.2) is 24.3 Å². The molecule has 0 saturated heterocycles. The number of hydrogen-bond acceptors (Lipinski definition) is 3. The average molecular weight is 271 g/mol. The molecule has 1 unspecified atom stereocenters. The van der Waals surface area contributed by atoms with Gasteiger partial charge >= 0.3 is 0 Å². The number of carbonyl (C=O) groups excluding carboxylic acids is 1. The minimum absolute atomic E-state index is 0.00674. The summed E-state index contributed by atoms with van der Waals surface area (Å²) in [6.07, 6.45) is 0.0728. The second-order valence-corrected chi connectivity index (χ2v) is 4.61. The molecule has 0 bridgehead atoms. The fraction of sp³-hybridized carbons (Fsp3) is 0.462. The maximum Gasteiger partial charge on any atom is 0.225 e. The van der Waals surface area contributed by atoms with Crippen LogP contribution in [0.3, 0.4) is 0 Å². The van der Waals surface area contributed by atoms with Gasteiger partial charge in [0.2, 0.25) is 5.91 Å². The molecule has 4 nitrogen and oxygen atoms in total. The van der Waals surface area contributed by atoms with E-state index in [4.69, 9.17) is 22.1 Å².